The zero-order chi connectivity index (χ0) is 24.0. The van der Waals surface area contributed by atoms with E-state index in [9.17, 15) is 39.3 Å². The van der Waals surface area contributed by atoms with Gasteiger partial charge in [-0.3, -0.25) is 14.4 Å². The van der Waals surface area contributed by atoms with E-state index < -0.39 is 22.8 Å². The minimum absolute atomic E-state index is 0.0275. The highest BCUT2D eigenvalue weighted by molar-refractivity contribution is 6.32. The molecule has 0 radical (unpaired) electrons. The van der Waals surface area contributed by atoms with Crippen molar-refractivity contribution < 1.29 is 34.4 Å². The monoisotopic (exact) mass is 454 g/mol. The molecule has 164 valence electrons. The van der Waals surface area contributed by atoms with Gasteiger partial charge in [-0.15, -0.1) is 0 Å². The number of carboxylic acid groups (broad SMARTS) is 2. The number of hydrogen-bond acceptors (Lipinski definition) is 7. The van der Waals surface area contributed by atoms with Crippen LogP contribution in [0.5, 0.6) is 11.5 Å². The van der Waals surface area contributed by atoms with E-state index in [0.717, 1.165) is 6.07 Å². The lowest BCUT2D eigenvalue weighted by Crippen LogP contribution is -2.15. The fourth-order valence-electron chi connectivity index (χ4n) is 4.98. The number of carboxylic acids is 2. The van der Waals surface area contributed by atoms with Crippen LogP contribution in [0.25, 0.3) is 54.2 Å². The highest BCUT2D eigenvalue weighted by Gasteiger charge is 2.30. The third-order valence-corrected chi connectivity index (χ3v) is 6.31. The van der Waals surface area contributed by atoms with E-state index in [0.29, 0.717) is 10.9 Å². The molecule has 0 heterocycles. The van der Waals surface area contributed by atoms with E-state index >= 15 is 0 Å². The van der Waals surface area contributed by atoms with Gasteiger partial charge < -0.3 is 20.1 Å². The van der Waals surface area contributed by atoms with Crippen molar-refractivity contribution in [2.45, 2.75) is 0 Å². The van der Waals surface area contributed by atoms with Gasteiger partial charge in [0.2, 0.25) is 0 Å². The third-order valence-electron chi connectivity index (χ3n) is 6.31. The summed E-state index contributed by atoms with van der Waals surface area (Å²) >= 11 is 0. The molecule has 4 aromatic carbocycles. The van der Waals surface area contributed by atoms with Gasteiger partial charge in [-0.2, -0.15) is 0 Å². The van der Waals surface area contributed by atoms with Gasteiger partial charge in [-0.1, -0.05) is 0 Å². The first kappa shape index (κ1) is 19.6. The lowest BCUT2D eigenvalue weighted by atomic mass is 9.79. The van der Waals surface area contributed by atoms with Crippen LogP contribution in [-0.4, -0.2) is 33.7 Å². The molecule has 0 spiro atoms. The number of phenols is 1. The average molecular weight is 454 g/mol. The normalized spacial score (nSPS) is 11.9. The number of ether oxygens (including phenoxy) is 1. The molecular weight excluding hydrogens is 444 g/mol. The fourth-order valence-corrected chi connectivity index (χ4v) is 4.98. The van der Waals surface area contributed by atoms with Crippen LogP contribution in [0.3, 0.4) is 0 Å². The standard InChI is InChI=1S/C25H10O9/c26-7-34-10-5-15-19-16(6-10)23(29)14-4-9(25(32)33)2-12-18(14)20(19)17-11(21(12)27)1-8(24(30)31)3-13(17)22(15)28/h1-7,28H,(H,30,31)(H,32,33). The predicted molar refractivity (Wildman–Crippen MR) is 121 cm³/mol. The van der Waals surface area contributed by atoms with Gasteiger partial charge in [-0.25, -0.2) is 9.59 Å². The summed E-state index contributed by atoms with van der Waals surface area (Å²) in [6.07, 6.45) is 0. The van der Waals surface area contributed by atoms with Crippen molar-refractivity contribution in [3.8, 4) is 22.6 Å². The number of carbonyl (C=O) groups is 3. The first-order valence-corrected chi connectivity index (χ1v) is 9.88. The summed E-state index contributed by atoms with van der Waals surface area (Å²) < 4.78 is 4.91. The molecule has 2 aliphatic carbocycles. The van der Waals surface area contributed by atoms with Crippen LogP contribution >= 0.6 is 0 Å². The molecule has 0 unspecified atom stereocenters. The number of aromatic hydroxyl groups is 1. The van der Waals surface area contributed by atoms with E-state index in [1.165, 1.54) is 30.3 Å². The predicted octanol–water partition coefficient (Wildman–Crippen LogP) is 3.08. The van der Waals surface area contributed by atoms with Crippen LogP contribution in [0.2, 0.25) is 0 Å². The van der Waals surface area contributed by atoms with E-state index in [2.05, 4.69) is 0 Å². The molecule has 0 aliphatic heterocycles. The number of hydrogen-bond donors (Lipinski definition) is 3. The van der Waals surface area contributed by atoms with Crippen molar-refractivity contribution in [3.63, 3.8) is 0 Å². The summed E-state index contributed by atoms with van der Waals surface area (Å²) in [4.78, 5) is 61.4. The minimum Gasteiger partial charge on any atom is -0.507 e. The van der Waals surface area contributed by atoms with Gasteiger partial charge in [-0.05, 0) is 36.4 Å². The number of carbonyl (C=O) groups excluding carboxylic acids is 1. The van der Waals surface area contributed by atoms with Crippen molar-refractivity contribution in [2.75, 3.05) is 0 Å². The van der Waals surface area contributed by atoms with Crippen molar-refractivity contribution in [3.05, 3.63) is 68.0 Å². The Balaban J connectivity index is 2.06. The fraction of sp³-hybridized carbons (Fsp3) is 0. The second-order valence-electron chi connectivity index (χ2n) is 7.99. The second kappa shape index (κ2) is 6.26. The molecule has 0 atom stereocenters. The van der Waals surface area contributed by atoms with E-state index in [1.807, 2.05) is 0 Å². The van der Waals surface area contributed by atoms with Crippen LogP contribution < -0.4 is 15.6 Å². The largest absolute Gasteiger partial charge is 0.507 e. The summed E-state index contributed by atoms with van der Waals surface area (Å²) in [5.74, 6) is -3.12. The van der Waals surface area contributed by atoms with Gasteiger partial charge in [0, 0.05) is 54.2 Å². The molecular formula is C25H10O9. The first-order chi connectivity index (χ1) is 16.2. The summed E-state index contributed by atoms with van der Waals surface area (Å²) in [7, 11) is 0. The maximum Gasteiger partial charge on any atom is 0.335 e. The first-order valence-electron chi connectivity index (χ1n) is 9.88. The maximum absolute atomic E-state index is 13.5. The lowest BCUT2D eigenvalue weighted by molar-refractivity contribution is -0.120. The van der Waals surface area contributed by atoms with E-state index in [-0.39, 0.29) is 72.4 Å². The van der Waals surface area contributed by atoms with Crippen molar-refractivity contribution in [2.24, 2.45) is 0 Å². The Kier molecular flexibility index (Phi) is 3.61. The summed E-state index contributed by atoms with van der Waals surface area (Å²) in [5, 5.41) is 30.9. The zero-order valence-corrected chi connectivity index (χ0v) is 16.8. The van der Waals surface area contributed by atoms with Crippen LogP contribution in [0.1, 0.15) is 20.7 Å². The van der Waals surface area contributed by atoms with Crippen LogP contribution in [0.15, 0.2) is 46.0 Å². The van der Waals surface area contributed by atoms with Gasteiger partial charge in [0.25, 0.3) is 6.47 Å². The summed E-state index contributed by atoms with van der Waals surface area (Å²) in [5.41, 5.74) is -1.18. The topological polar surface area (TPSA) is 155 Å². The lowest BCUT2D eigenvalue weighted by Gasteiger charge is -2.23. The van der Waals surface area contributed by atoms with E-state index in [4.69, 9.17) is 4.74 Å². The molecule has 0 amide bonds. The Bertz CT molecular complexity index is 1950. The maximum atomic E-state index is 13.5. The Labute approximate surface area is 187 Å². The smallest absolute Gasteiger partial charge is 0.335 e. The Morgan fingerprint density at radius 3 is 1.65 bits per heavy atom. The van der Waals surface area contributed by atoms with Crippen LogP contribution in [0, 0.1) is 0 Å². The van der Waals surface area contributed by atoms with E-state index in [1.54, 1.807) is 0 Å². The number of rotatable bonds is 4. The molecule has 0 fully saturated rings. The van der Waals surface area contributed by atoms with Gasteiger partial charge in [0.05, 0.1) is 11.1 Å². The van der Waals surface area contributed by atoms with Crippen LogP contribution in [-0.2, 0) is 4.79 Å². The molecule has 4 aromatic rings. The number of aromatic carboxylic acids is 2. The number of phenolic OH excluding ortho intramolecular Hbond substituents is 1. The Morgan fingerprint density at radius 2 is 1.12 bits per heavy atom. The molecule has 0 saturated heterocycles. The molecule has 0 bridgehead atoms. The molecule has 3 N–H and O–H groups in total. The van der Waals surface area contributed by atoms with Crippen molar-refractivity contribution in [1.29, 1.82) is 0 Å². The third kappa shape index (κ3) is 2.24. The molecule has 6 rings (SSSR count). The van der Waals surface area contributed by atoms with Gasteiger partial charge >= 0.3 is 11.9 Å². The zero-order valence-electron chi connectivity index (χ0n) is 16.8. The molecule has 9 heteroatoms. The quantitative estimate of drug-likeness (QED) is 0.207. The Hall–Kier alpha value is -5.05. The van der Waals surface area contributed by atoms with Crippen molar-refractivity contribution >= 4 is 61.5 Å². The second-order valence-corrected chi connectivity index (χ2v) is 7.99. The van der Waals surface area contributed by atoms with Gasteiger partial charge in [0.15, 0.2) is 10.9 Å². The highest BCUT2D eigenvalue weighted by atomic mass is 16.5. The van der Waals surface area contributed by atoms with Crippen molar-refractivity contribution in [1.82, 2.24) is 0 Å². The molecule has 34 heavy (non-hydrogen) atoms. The molecule has 0 aromatic heterocycles. The summed E-state index contributed by atoms with van der Waals surface area (Å²) in [6, 6.07) is 7.37. The highest BCUT2D eigenvalue weighted by Crippen LogP contribution is 2.50. The molecule has 2 aliphatic rings. The SMILES string of the molecule is O=COc1cc2c(O)c3cc(C(=O)O)cc4c(=O)c5cc(C(=O)O)cc6c5-c(c2c(c1)c6=O)c34. The minimum atomic E-state index is -1.35. The van der Waals surface area contributed by atoms with Gasteiger partial charge in [0.1, 0.15) is 11.5 Å². The summed E-state index contributed by atoms with van der Waals surface area (Å²) in [6.45, 7) is 0.150. The Morgan fingerprint density at radius 1 is 0.676 bits per heavy atom. The molecule has 0 saturated carbocycles. The number of benzene rings is 6. The molecule has 9 nitrogen and oxygen atoms in total. The average Bonchev–Trinajstić information content (AvgIpc) is 2.81. The van der Waals surface area contributed by atoms with Crippen LogP contribution in [0.4, 0.5) is 0 Å².